The van der Waals surface area contributed by atoms with Crippen LogP contribution in [0.3, 0.4) is 0 Å². The maximum Gasteiger partial charge on any atom is 0.244 e. The molecule has 1 aliphatic heterocycles. The van der Waals surface area contributed by atoms with Gasteiger partial charge in [0.1, 0.15) is 10.6 Å². The number of benzene rings is 1. The van der Waals surface area contributed by atoms with Crippen LogP contribution in [0.5, 0.6) is 5.75 Å². The third kappa shape index (κ3) is 4.16. The minimum absolute atomic E-state index is 0.00703. The molecule has 150 valence electrons. The molecule has 1 N–H and O–H groups in total. The van der Waals surface area contributed by atoms with Gasteiger partial charge in [0.2, 0.25) is 26.0 Å². The van der Waals surface area contributed by atoms with Crippen molar-refractivity contribution in [3.05, 3.63) is 48.3 Å². The van der Waals surface area contributed by atoms with E-state index in [9.17, 15) is 21.6 Å². The highest BCUT2D eigenvalue weighted by Crippen LogP contribution is 2.32. The summed E-state index contributed by atoms with van der Waals surface area (Å²) >= 11 is 0. The zero-order chi connectivity index (χ0) is 20.4. The van der Waals surface area contributed by atoms with E-state index < -0.39 is 26.0 Å². The molecule has 3 rings (SSSR count). The number of nitrogens with one attached hydrogen (secondary N) is 1. The molecular weight excluding hydrogens is 406 g/mol. The van der Waals surface area contributed by atoms with Gasteiger partial charge in [0, 0.05) is 25.4 Å². The number of carbonyl (C=O) groups is 1. The second-order valence-corrected chi connectivity index (χ2v) is 9.65. The first kappa shape index (κ1) is 20.2. The SMILES string of the molecule is CCOc1ccc(N2C(=O)CCS2(=O)=O)cc1S(=O)(=O)NCc1cccnc1. The lowest BCUT2D eigenvalue weighted by molar-refractivity contribution is -0.116. The summed E-state index contributed by atoms with van der Waals surface area (Å²) in [5.41, 5.74) is 0.616. The highest BCUT2D eigenvalue weighted by Gasteiger charge is 2.37. The fourth-order valence-corrected chi connectivity index (χ4v) is 5.37. The Morgan fingerprint density at radius 1 is 1.29 bits per heavy atom. The van der Waals surface area contributed by atoms with E-state index in [2.05, 4.69) is 9.71 Å². The number of rotatable bonds is 7. The predicted molar refractivity (Wildman–Crippen MR) is 102 cm³/mol. The third-order valence-corrected chi connectivity index (χ3v) is 7.13. The van der Waals surface area contributed by atoms with Crippen LogP contribution in [-0.2, 0) is 31.4 Å². The number of aromatic nitrogens is 1. The van der Waals surface area contributed by atoms with Gasteiger partial charge < -0.3 is 4.74 Å². The number of ether oxygens (including phenoxy) is 1. The predicted octanol–water partition coefficient (Wildman–Crippen LogP) is 1.03. The van der Waals surface area contributed by atoms with Crippen molar-refractivity contribution in [1.29, 1.82) is 0 Å². The largest absolute Gasteiger partial charge is 0.492 e. The first-order valence-corrected chi connectivity index (χ1v) is 11.5. The molecule has 0 radical (unpaired) electrons. The van der Waals surface area contributed by atoms with E-state index in [1.54, 1.807) is 25.3 Å². The number of carbonyl (C=O) groups excluding carboxylic acids is 1. The molecule has 1 aromatic carbocycles. The fourth-order valence-electron chi connectivity index (χ4n) is 2.74. The van der Waals surface area contributed by atoms with Crippen LogP contribution >= 0.6 is 0 Å². The molecule has 2 heterocycles. The average molecular weight is 425 g/mol. The molecule has 0 spiro atoms. The van der Waals surface area contributed by atoms with Crippen molar-refractivity contribution in [1.82, 2.24) is 9.71 Å². The Labute approximate surface area is 163 Å². The van der Waals surface area contributed by atoms with Gasteiger partial charge >= 0.3 is 0 Å². The second-order valence-electron chi connectivity index (χ2n) is 5.97. The van der Waals surface area contributed by atoms with Crippen LogP contribution in [0.15, 0.2) is 47.6 Å². The summed E-state index contributed by atoms with van der Waals surface area (Å²) in [6, 6.07) is 7.23. The molecule has 1 saturated heterocycles. The van der Waals surface area contributed by atoms with Gasteiger partial charge in [-0.2, -0.15) is 0 Å². The van der Waals surface area contributed by atoms with Crippen molar-refractivity contribution in [2.45, 2.75) is 24.8 Å². The fraction of sp³-hybridized carbons (Fsp3) is 0.294. The summed E-state index contributed by atoms with van der Waals surface area (Å²) in [5, 5.41) is 0. The number of nitrogens with zero attached hydrogens (tertiary/aromatic N) is 2. The summed E-state index contributed by atoms with van der Waals surface area (Å²) in [6.07, 6.45) is 2.96. The van der Waals surface area contributed by atoms with Crippen LogP contribution in [0.1, 0.15) is 18.9 Å². The zero-order valence-electron chi connectivity index (χ0n) is 15.0. The van der Waals surface area contributed by atoms with Gasteiger partial charge in [-0.1, -0.05) is 6.07 Å². The van der Waals surface area contributed by atoms with Crippen molar-refractivity contribution in [3.8, 4) is 5.75 Å². The number of anilines is 1. The molecule has 28 heavy (non-hydrogen) atoms. The molecule has 0 bridgehead atoms. The Bertz CT molecular complexity index is 1090. The second kappa shape index (κ2) is 7.86. The topological polar surface area (TPSA) is 123 Å². The molecule has 0 aliphatic carbocycles. The van der Waals surface area contributed by atoms with Crippen molar-refractivity contribution in [2.24, 2.45) is 0 Å². The number of hydrogen-bond acceptors (Lipinski definition) is 7. The van der Waals surface area contributed by atoms with E-state index in [0.717, 1.165) is 6.07 Å². The molecule has 1 fully saturated rings. The van der Waals surface area contributed by atoms with E-state index in [4.69, 9.17) is 4.74 Å². The number of hydrogen-bond donors (Lipinski definition) is 1. The minimum Gasteiger partial charge on any atom is -0.492 e. The minimum atomic E-state index is -4.05. The van der Waals surface area contributed by atoms with Crippen LogP contribution in [0.2, 0.25) is 0 Å². The highest BCUT2D eigenvalue weighted by molar-refractivity contribution is 7.94. The number of pyridine rings is 1. The molecule has 9 nitrogen and oxygen atoms in total. The van der Waals surface area contributed by atoms with Gasteiger partial charge in [0.25, 0.3) is 0 Å². The summed E-state index contributed by atoms with van der Waals surface area (Å²) < 4.78 is 58.5. The van der Waals surface area contributed by atoms with E-state index >= 15 is 0 Å². The standard InChI is InChI=1S/C17H19N3O6S2/c1-2-26-15-6-5-14(20-17(21)7-9-27(20,22)23)10-16(15)28(24,25)19-12-13-4-3-8-18-11-13/h3-6,8,10-11,19H,2,7,9,12H2,1H3. The normalized spacial score (nSPS) is 16.3. The Morgan fingerprint density at radius 2 is 2.07 bits per heavy atom. The molecule has 0 unspecified atom stereocenters. The molecule has 1 aromatic heterocycles. The van der Waals surface area contributed by atoms with Gasteiger partial charge in [-0.3, -0.25) is 9.78 Å². The van der Waals surface area contributed by atoms with Gasteiger partial charge in [-0.15, -0.1) is 0 Å². The van der Waals surface area contributed by atoms with E-state index in [-0.39, 0.29) is 41.7 Å². The Hall–Kier alpha value is -2.50. The number of sulfonamides is 2. The van der Waals surface area contributed by atoms with Crippen LogP contribution in [-0.4, -0.2) is 40.1 Å². The van der Waals surface area contributed by atoms with Gasteiger partial charge in [0.05, 0.1) is 18.0 Å². The summed E-state index contributed by atoms with van der Waals surface area (Å²) in [6.45, 7) is 1.90. The molecule has 1 aliphatic rings. The molecule has 11 heteroatoms. The smallest absolute Gasteiger partial charge is 0.244 e. The summed E-state index contributed by atoms with van der Waals surface area (Å²) in [5.74, 6) is -0.842. The average Bonchev–Trinajstić information content (AvgIpc) is 2.94. The molecular formula is C17H19N3O6S2. The van der Waals surface area contributed by atoms with Crippen LogP contribution in [0.4, 0.5) is 5.69 Å². The lowest BCUT2D eigenvalue weighted by Crippen LogP contribution is -2.30. The lowest BCUT2D eigenvalue weighted by atomic mass is 10.3. The maximum atomic E-state index is 12.8. The van der Waals surface area contributed by atoms with Crippen molar-refractivity contribution in [2.75, 3.05) is 16.7 Å². The maximum absolute atomic E-state index is 12.8. The Morgan fingerprint density at radius 3 is 2.68 bits per heavy atom. The summed E-state index contributed by atoms with van der Waals surface area (Å²) in [4.78, 5) is 15.7. The molecule has 1 amide bonds. The highest BCUT2D eigenvalue weighted by atomic mass is 32.2. The van der Waals surface area contributed by atoms with Crippen molar-refractivity contribution in [3.63, 3.8) is 0 Å². The monoisotopic (exact) mass is 425 g/mol. The Kier molecular flexibility index (Phi) is 5.68. The van der Waals surface area contributed by atoms with Crippen LogP contribution in [0.25, 0.3) is 0 Å². The van der Waals surface area contributed by atoms with E-state index in [1.165, 1.54) is 18.3 Å². The van der Waals surface area contributed by atoms with E-state index in [1.807, 2.05) is 0 Å². The van der Waals surface area contributed by atoms with Crippen LogP contribution in [0, 0.1) is 0 Å². The molecule has 0 saturated carbocycles. The molecule has 0 atom stereocenters. The van der Waals surface area contributed by atoms with Gasteiger partial charge in [-0.25, -0.2) is 25.9 Å². The third-order valence-electron chi connectivity index (χ3n) is 4.02. The van der Waals surface area contributed by atoms with Gasteiger partial charge in [0.15, 0.2) is 0 Å². The summed E-state index contributed by atoms with van der Waals surface area (Å²) in [7, 11) is -7.87. The Balaban J connectivity index is 1.99. The zero-order valence-corrected chi connectivity index (χ0v) is 16.7. The van der Waals surface area contributed by atoms with Crippen molar-refractivity contribution >= 4 is 31.6 Å². The number of amides is 1. The first-order valence-electron chi connectivity index (χ1n) is 8.46. The van der Waals surface area contributed by atoms with Crippen LogP contribution < -0.4 is 13.8 Å². The van der Waals surface area contributed by atoms with E-state index in [0.29, 0.717) is 9.87 Å². The van der Waals surface area contributed by atoms with Gasteiger partial charge in [-0.05, 0) is 36.8 Å². The lowest BCUT2D eigenvalue weighted by Gasteiger charge is -2.18. The molecule has 2 aromatic rings. The first-order chi connectivity index (χ1) is 13.2. The quantitative estimate of drug-likeness (QED) is 0.703. The van der Waals surface area contributed by atoms with Crippen molar-refractivity contribution < 1.29 is 26.4 Å².